The molecular formula is C13H27NO3. The Kier molecular flexibility index (Phi) is 7.39. The number of rotatable bonds is 9. The van der Waals surface area contributed by atoms with Crippen LogP contribution in [-0.2, 0) is 4.79 Å². The number of likely N-dealkylation sites (N-methyl/N-ethyl adjacent to an activating group) is 1. The third kappa shape index (κ3) is 6.64. The van der Waals surface area contributed by atoms with Crippen LogP contribution in [0.15, 0.2) is 0 Å². The van der Waals surface area contributed by atoms with Gasteiger partial charge in [0, 0.05) is 0 Å². The van der Waals surface area contributed by atoms with E-state index in [0.29, 0.717) is 6.54 Å². The van der Waals surface area contributed by atoms with Crippen LogP contribution >= 0.6 is 0 Å². The number of carbonyl (C=O) groups is 1. The molecule has 0 aliphatic rings. The number of quaternary nitrogens is 1. The maximum absolute atomic E-state index is 10.8. The molecule has 0 aromatic rings. The number of hydrogen-bond acceptors (Lipinski definition) is 3. The molecule has 4 nitrogen and oxygen atoms in total. The molecule has 0 amide bonds. The Hall–Kier alpha value is -0.610. The van der Waals surface area contributed by atoms with E-state index < -0.39 is 18.1 Å². The first-order chi connectivity index (χ1) is 7.81. The van der Waals surface area contributed by atoms with Gasteiger partial charge in [-0.25, -0.2) is 0 Å². The Morgan fingerprint density at radius 3 is 2.35 bits per heavy atom. The molecule has 102 valence electrons. The van der Waals surface area contributed by atoms with E-state index in [1.54, 1.807) is 6.92 Å². The van der Waals surface area contributed by atoms with Gasteiger partial charge < -0.3 is 19.5 Å². The van der Waals surface area contributed by atoms with Crippen LogP contribution in [0.3, 0.4) is 0 Å². The minimum Gasteiger partial charge on any atom is -0.544 e. The fourth-order valence-electron chi connectivity index (χ4n) is 1.88. The first-order valence-corrected chi connectivity index (χ1v) is 6.52. The third-order valence-electron chi connectivity index (χ3n) is 3.46. The van der Waals surface area contributed by atoms with Crippen molar-refractivity contribution < 1.29 is 19.5 Å². The van der Waals surface area contributed by atoms with Gasteiger partial charge in [-0.15, -0.1) is 0 Å². The lowest BCUT2D eigenvalue weighted by molar-refractivity contribution is -0.909. The van der Waals surface area contributed by atoms with E-state index in [2.05, 4.69) is 6.92 Å². The van der Waals surface area contributed by atoms with Gasteiger partial charge in [-0.3, -0.25) is 0 Å². The highest BCUT2D eigenvalue weighted by Crippen LogP contribution is 2.12. The van der Waals surface area contributed by atoms with Gasteiger partial charge in [-0.2, -0.15) is 0 Å². The second-order valence-corrected chi connectivity index (χ2v) is 5.46. The van der Waals surface area contributed by atoms with Crippen LogP contribution in [0, 0.1) is 0 Å². The summed E-state index contributed by atoms with van der Waals surface area (Å²) in [6, 6.07) is -0.597. The number of carboxylic acid groups (broad SMARTS) is 1. The normalized spacial score (nSPS) is 15.6. The Morgan fingerprint density at radius 2 is 1.88 bits per heavy atom. The molecule has 0 bridgehead atoms. The van der Waals surface area contributed by atoms with Gasteiger partial charge in [-0.05, 0) is 13.3 Å². The summed E-state index contributed by atoms with van der Waals surface area (Å²) in [6.45, 7) is 4.23. The Labute approximate surface area is 105 Å². The zero-order valence-corrected chi connectivity index (χ0v) is 11.6. The van der Waals surface area contributed by atoms with Crippen molar-refractivity contribution in [3.8, 4) is 0 Å². The topological polar surface area (TPSA) is 60.4 Å². The van der Waals surface area contributed by atoms with Gasteiger partial charge in [0.1, 0.15) is 18.7 Å². The maximum atomic E-state index is 10.8. The van der Waals surface area contributed by atoms with Gasteiger partial charge in [0.25, 0.3) is 0 Å². The van der Waals surface area contributed by atoms with Crippen LogP contribution in [-0.4, -0.2) is 48.3 Å². The van der Waals surface area contributed by atoms with Crippen LogP contribution in [0.4, 0.5) is 0 Å². The summed E-state index contributed by atoms with van der Waals surface area (Å²) in [4.78, 5) is 10.8. The molecule has 0 aromatic heterocycles. The first kappa shape index (κ1) is 16.4. The van der Waals surface area contributed by atoms with Crippen molar-refractivity contribution in [1.82, 2.24) is 0 Å². The van der Waals surface area contributed by atoms with E-state index in [1.807, 2.05) is 14.1 Å². The number of unbranched alkanes of at least 4 members (excludes halogenated alkanes) is 3. The Balaban J connectivity index is 4.00. The molecule has 2 atom stereocenters. The molecule has 0 radical (unpaired) electrons. The monoisotopic (exact) mass is 245 g/mol. The van der Waals surface area contributed by atoms with Gasteiger partial charge >= 0.3 is 0 Å². The fourth-order valence-corrected chi connectivity index (χ4v) is 1.88. The molecule has 0 heterocycles. The summed E-state index contributed by atoms with van der Waals surface area (Å²) in [7, 11) is 3.63. The van der Waals surface area contributed by atoms with Crippen molar-refractivity contribution in [3.63, 3.8) is 0 Å². The number of aliphatic hydroxyl groups is 1. The highest BCUT2D eigenvalue weighted by molar-refractivity contribution is 5.69. The Bertz CT molecular complexity index is 229. The number of carboxylic acids is 1. The van der Waals surface area contributed by atoms with Crippen LogP contribution in [0.5, 0.6) is 0 Å². The molecule has 4 heteroatoms. The van der Waals surface area contributed by atoms with E-state index in [1.165, 1.54) is 12.8 Å². The average molecular weight is 245 g/mol. The minimum absolute atomic E-state index is 0.261. The standard InChI is InChI=1S/C13H27NO3/c1-5-6-7-8-9-12(15)10-14(3,4)11(2)13(16)17/h11-12,15H,5-10H2,1-4H3. The van der Waals surface area contributed by atoms with Gasteiger partial charge in [0.2, 0.25) is 0 Å². The van der Waals surface area contributed by atoms with Crippen LogP contribution in [0.1, 0.15) is 46.0 Å². The zero-order chi connectivity index (χ0) is 13.5. The van der Waals surface area contributed by atoms with Crippen molar-refractivity contribution in [3.05, 3.63) is 0 Å². The van der Waals surface area contributed by atoms with Crippen molar-refractivity contribution in [1.29, 1.82) is 0 Å². The predicted molar refractivity (Wildman–Crippen MR) is 66.2 cm³/mol. The van der Waals surface area contributed by atoms with Crippen molar-refractivity contribution in [2.75, 3.05) is 20.6 Å². The van der Waals surface area contributed by atoms with Crippen LogP contribution in [0.25, 0.3) is 0 Å². The summed E-state index contributed by atoms with van der Waals surface area (Å²) in [5, 5.41) is 20.7. The second-order valence-electron chi connectivity index (χ2n) is 5.46. The first-order valence-electron chi connectivity index (χ1n) is 6.52. The fraction of sp³-hybridized carbons (Fsp3) is 0.923. The summed E-state index contributed by atoms with van der Waals surface area (Å²) >= 11 is 0. The van der Waals surface area contributed by atoms with Crippen molar-refractivity contribution in [2.45, 2.75) is 58.1 Å². The van der Waals surface area contributed by atoms with Gasteiger partial charge in [-0.1, -0.05) is 32.6 Å². The van der Waals surface area contributed by atoms with Crippen LogP contribution in [0.2, 0.25) is 0 Å². The van der Waals surface area contributed by atoms with Crippen molar-refractivity contribution >= 4 is 5.97 Å². The minimum atomic E-state index is -1.06. The number of carbonyl (C=O) groups excluding carboxylic acids is 1. The van der Waals surface area contributed by atoms with E-state index in [4.69, 9.17) is 0 Å². The van der Waals surface area contributed by atoms with Crippen molar-refractivity contribution in [2.24, 2.45) is 0 Å². The van der Waals surface area contributed by atoms with E-state index in [9.17, 15) is 15.0 Å². The van der Waals surface area contributed by atoms with E-state index in [0.717, 1.165) is 19.3 Å². The highest BCUT2D eigenvalue weighted by Gasteiger charge is 2.27. The van der Waals surface area contributed by atoms with Gasteiger partial charge in [0.15, 0.2) is 0 Å². The van der Waals surface area contributed by atoms with Crippen LogP contribution < -0.4 is 5.11 Å². The molecule has 0 aliphatic heterocycles. The molecule has 0 spiro atoms. The quantitative estimate of drug-likeness (QED) is 0.476. The molecule has 0 saturated heterocycles. The number of aliphatic hydroxyl groups excluding tert-OH is 1. The molecule has 0 aliphatic carbocycles. The Morgan fingerprint density at radius 1 is 1.29 bits per heavy atom. The number of nitrogens with zero attached hydrogens (tertiary/aromatic N) is 1. The second kappa shape index (κ2) is 7.67. The molecular weight excluding hydrogens is 218 g/mol. The average Bonchev–Trinajstić information content (AvgIpc) is 2.22. The number of aliphatic carboxylic acids is 1. The van der Waals surface area contributed by atoms with Gasteiger partial charge in [0.05, 0.1) is 20.1 Å². The highest BCUT2D eigenvalue weighted by atomic mass is 16.4. The summed E-state index contributed by atoms with van der Waals surface area (Å²) < 4.78 is 0.261. The van der Waals surface area contributed by atoms with E-state index >= 15 is 0 Å². The molecule has 2 unspecified atom stereocenters. The largest absolute Gasteiger partial charge is 0.544 e. The van der Waals surface area contributed by atoms with E-state index in [-0.39, 0.29) is 4.48 Å². The molecule has 0 rings (SSSR count). The summed E-state index contributed by atoms with van der Waals surface area (Å²) in [5.41, 5.74) is 0. The summed E-state index contributed by atoms with van der Waals surface area (Å²) in [5.74, 6) is -1.06. The number of hydrogen-bond donors (Lipinski definition) is 1. The lowest BCUT2D eigenvalue weighted by atomic mass is 10.1. The lowest BCUT2D eigenvalue weighted by Crippen LogP contribution is -2.58. The molecule has 1 N–H and O–H groups in total. The molecule has 0 aromatic carbocycles. The molecule has 0 saturated carbocycles. The SMILES string of the molecule is CCCCCCC(O)C[N+](C)(C)C(C)C(=O)[O-]. The maximum Gasteiger partial charge on any atom is 0.126 e. The third-order valence-corrected chi connectivity index (χ3v) is 3.46. The summed E-state index contributed by atoms with van der Waals surface area (Å²) in [6.07, 6.45) is 4.84. The zero-order valence-electron chi connectivity index (χ0n) is 11.6. The lowest BCUT2D eigenvalue weighted by Gasteiger charge is -2.38. The molecule has 0 fully saturated rings. The molecule has 17 heavy (non-hydrogen) atoms. The smallest absolute Gasteiger partial charge is 0.126 e. The predicted octanol–water partition coefficient (Wildman–Crippen LogP) is 0.533.